The highest BCUT2D eigenvalue weighted by molar-refractivity contribution is 6.61. The quantitative estimate of drug-likeness (QED) is 0.601. The molecule has 0 radical (unpaired) electrons. The first kappa shape index (κ1) is 9.92. The second-order valence-electron chi connectivity index (χ2n) is 2.95. The van der Waals surface area contributed by atoms with Crippen molar-refractivity contribution in [3.8, 4) is 0 Å². The average Bonchev–Trinajstić information content (AvgIpc) is 1.86. The molecule has 0 heterocycles. The first-order chi connectivity index (χ1) is 4.70. The van der Waals surface area contributed by atoms with Gasteiger partial charge in [0, 0.05) is 0 Å². The van der Waals surface area contributed by atoms with Gasteiger partial charge in [0.15, 0.2) is 0 Å². The second-order valence-corrected chi connectivity index (χ2v) is 5.55. The summed E-state index contributed by atoms with van der Waals surface area (Å²) in [6.45, 7) is 10.4. The van der Waals surface area contributed by atoms with Crippen LogP contribution in [0, 0.1) is 0 Å². The molecule has 1 atom stereocenters. The van der Waals surface area contributed by atoms with Crippen molar-refractivity contribution in [3.63, 3.8) is 0 Å². The van der Waals surface area contributed by atoms with Crippen LogP contribution in [0.1, 0.15) is 27.2 Å². The van der Waals surface area contributed by atoms with Crippen molar-refractivity contribution in [3.05, 3.63) is 12.3 Å². The third-order valence-electron chi connectivity index (χ3n) is 1.43. The van der Waals surface area contributed by atoms with Crippen LogP contribution in [0.2, 0.25) is 6.04 Å². The first-order valence-corrected chi connectivity index (χ1v) is 6.15. The Labute approximate surface area is 66.2 Å². The van der Waals surface area contributed by atoms with Crippen LogP contribution in [0.3, 0.4) is 0 Å². The molecule has 1 unspecified atom stereocenters. The predicted octanol–water partition coefficient (Wildman–Crippen LogP) is 1.84. The fourth-order valence-corrected chi connectivity index (χ4v) is 3.03. The van der Waals surface area contributed by atoms with Crippen LogP contribution in [-0.4, -0.2) is 15.0 Å². The fraction of sp³-hybridized carbons (Fsp3) is 0.750. The Kier molecular flexibility index (Phi) is 5.64. The summed E-state index contributed by atoms with van der Waals surface area (Å²) in [6, 6.07) is 1.96. The highest BCUT2D eigenvalue weighted by Gasteiger charge is 2.04. The van der Waals surface area contributed by atoms with E-state index in [0.29, 0.717) is 6.04 Å². The summed E-state index contributed by atoms with van der Waals surface area (Å²) < 4.78 is 0. The van der Waals surface area contributed by atoms with Gasteiger partial charge in [-0.15, -0.1) is 6.58 Å². The molecule has 0 aromatic heterocycles. The summed E-state index contributed by atoms with van der Waals surface area (Å²) in [4.78, 5) is 3.55. The Morgan fingerprint density at radius 3 is 2.50 bits per heavy atom. The zero-order valence-electron chi connectivity index (χ0n) is 7.35. The van der Waals surface area contributed by atoms with Crippen molar-refractivity contribution in [2.75, 3.05) is 0 Å². The molecule has 2 heteroatoms. The number of hydrogen-bond donors (Lipinski definition) is 1. The van der Waals surface area contributed by atoms with E-state index in [2.05, 4.69) is 38.0 Å². The molecule has 1 nitrogen and oxygen atoms in total. The minimum absolute atomic E-state index is 0.626. The van der Waals surface area contributed by atoms with E-state index in [1.807, 2.05) is 0 Å². The maximum atomic E-state index is 3.83. The Morgan fingerprint density at radius 1 is 1.60 bits per heavy atom. The number of hydrogen-bond acceptors (Lipinski definition) is 1. The first-order valence-electron chi connectivity index (χ1n) is 4.09. The van der Waals surface area contributed by atoms with E-state index in [0.717, 1.165) is 0 Å². The molecule has 0 aromatic carbocycles. The van der Waals surface area contributed by atoms with Gasteiger partial charge in [-0.3, -0.25) is 0 Å². The largest absolute Gasteiger partial charge is 0.334 e. The lowest BCUT2D eigenvalue weighted by Crippen LogP contribution is -2.37. The third kappa shape index (κ3) is 4.76. The molecule has 10 heavy (non-hydrogen) atoms. The highest BCUT2D eigenvalue weighted by atomic mass is 28.3. The zero-order valence-corrected chi connectivity index (χ0v) is 8.51. The average molecular weight is 157 g/mol. The van der Waals surface area contributed by atoms with Gasteiger partial charge in [-0.25, -0.2) is 0 Å². The standard InChI is InChI=1S/C8H19NSi/c1-5-7-10(6-2)9-8(3)4/h6,8-10H,2,5,7H2,1,3-4H3. The van der Waals surface area contributed by atoms with Gasteiger partial charge in [0.25, 0.3) is 0 Å². The molecule has 0 rings (SSSR count). The Balaban J connectivity index is 3.49. The van der Waals surface area contributed by atoms with E-state index < -0.39 is 8.96 Å². The molecule has 0 aliphatic heterocycles. The third-order valence-corrected chi connectivity index (χ3v) is 4.29. The summed E-state index contributed by atoms with van der Waals surface area (Å²) in [5.74, 6) is 0. The van der Waals surface area contributed by atoms with Crippen molar-refractivity contribution in [1.29, 1.82) is 0 Å². The summed E-state index contributed by atoms with van der Waals surface area (Å²) in [7, 11) is -0.757. The molecule has 0 aromatic rings. The molecular formula is C8H19NSi. The molecule has 0 saturated carbocycles. The van der Waals surface area contributed by atoms with Crippen LogP contribution < -0.4 is 4.98 Å². The van der Waals surface area contributed by atoms with Gasteiger partial charge < -0.3 is 4.98 Å². The maximum Gasteiger partial charge on any atom is 0.133 e. The van der Waals surface area contributed by atoms with Crippen molar-refractivity contribution in [2.24, 2.45) is 0 Å². The predicted molar refractivity (Wildman–Crippen MR) is 50.7 cm³/mol. The van der Waals surface area contributed by atoms with E-state index in [4.69, 9.17) is 0 Å². The molecule has 0 amide bonds. The Bertz CT molecular complexity index is 91.3. The lowest BCUT2D eigenvalue weighted by atomic mass is 10.4. The van der Waals surface area contributed by atoms with Crippen LogP contribution >= 0.6 is 0 Å². The van der Waals surface area contributed by atoms with E-state index in [-0.39, 0.29) is 0 Å². The molecule has 60 valence electrons. The van der Waals surface area contributed by atoms with E-state index in [1.165, 1.54) is 12.5 Å². The summed E-state index contributed by atoms with van der Waals surface area (Å²) in [6.07, 6.45) is 1.28. The van der Waals surface area contributed by atoms with Crippen LogP contribution in [-0.2, 0) is 0 Å². The van der Waals surface area contributed by atoms with Crippen LogP contribution in [0.15, 0.2) is 12.3 Å². The second kappa shape index (κ2) is 5.68. The Morgan fingerprint density at radius 2 is 2.20 bits per heavy atom. The summed E-state index contributed by atoms with van der Waals surface area (Å²) in [5, 5.41) is 0. The topological polar surface area (TPSA) is 12.0 Å². The maximum absolute atomic E-state index is 3.83. The summed E-state index contributed by atoms with van der Waals surface area (Å²) >= 11 is 0. The molecule has 1 N–H and O–H groups in total. The van der Waals surface area contributed by atoms with Crippen molar-refractivity contribution < 1.29 is 0 Å². The van der Waals surface area contributed by atoms with E-state index >= 15 is 0 Å². The van der Waals surface area contributed by atoms with Crippen LogP contribution in [0.5, 0.6) is 0 Å². The highest BCUT2D eigenvalue weighted by Crippen LogP contribution is 1.95. The number of rotatable bonds is 5. The minimum atomic E-state index is -0.757. The van der Waals surface area contributed by atoms with E-state index in [9.17, 15) is 0 Å². The molecule has 0 bridgehead atoms. The van der Waals surface area contributed by atoms with Crippen molar-refractivity contribution in [1.82, 2.24) is 4.98 Å². The SMILES string of the molecule is C=C[SiH](CCC)NC(C)C. The zero-order chi connectivity index (χ0) is 7.98. The van der Waals surface area contributed by atoms with Gasteiger partial charge >= 0.3 is 0 Å². The number of nitrogens with one attached hydrogen (secondary N) is 1. The monoisotopic (exact) mass is 157 g/mol. The lowest BCUT2D eigenvalue weighted by Gasteiger charge is -2.14. The van der Waals surface area contributed by atoms with Crippen LogP contribution in [0.4, 0.5) is 0 Å². The van der Waals surface area contributed by atoms with Gasteiger partial charge in [-0.2, -0.15) is 0 Å². The summed E-state index contributed by atoms with van der Waals surface area (Å²) in [5.41, 5.74) is 2.13. The van der Waals surface area contributed by atoms with Gasteiger partial charge in [0.2, 0.25) is 0 Å². The van der Waals surface area contributed by atoms with Crippen LogP contribution in [0.25, 0.3) is 0 Å². The molecule has 0 aliphatic rings. The molecule has 0 spiro atoms. The lowest BCUT2D eigenvalue weighted by molar-refractivity contribution is 0.741. The fourth-order valence-electron chi connectivity index (χ4n) is 1.01. The normalized spacial score (nSPS) is 13.6. The van der Waals surface area contributed by atoms with Crippen molar-refractivity contribution >= 4 is 8.96 Å². The van der Waals surface area contributed by atoms with Gasteiger partial charge in [0.05, 0.1) is 0 Å². The molecule has 0 aliphatic carbocycles. The smallest absolute Gasteiger partial charge is 0.133 e. The van der Waals surface area contributed by atoms with Gasteiger partial charge in [-0.05, 0) is 12.1 Å². The molecule has 0 fully saturated rings. The van der Waals surface area contributed by atoms with Gasteiger partial charge in [0.1, 0.15) is 8.96 Å². The Hall–Kier alpha value is -0.0831. The van der Waals surface area contributed by atoms with E-state index in [1.54, 1.807) is 0 Å². The van der Waals surface area contributed by atoms with Crippen molar-refractivity contribution in [2.45, 2.75) is 39.3 Å². The van der Waals surface area contributed by atoms with Gasteiger partial charge in [-0.1, -0.05) is 32.9 Å². The molecule has 0 saturated heterocycles. The minimum Gasteiger partial charge on any atom is -0.334 e. The molecular weight excluding hydrogens is 138 g/mol.